The van der Waals surface area contributed by atoms with Crippen molar-refractivity contribution in [3.8, 4) is 16.9 Å². The first kappa shape index (κ1) is 24.9. The highest BCUT2D eigenvalue weighted by molar-refractivity contribution is 6.32. The van der Waals surface area contributed by atoms with Crippen LogP contribution in [0.2, 0.25) is 5.02 Å². The Bertz CT molecular complexity index is 1410. The van der Waals surface area contributed by atoms with Crippen LogP contribution in [0.15, 0.2) is 78.9 Å². The van der Waals surface area contributed by atoms with Crippen molar-refractivity contribution in [2.24, 2.45) is 0 Å². The van der Waals surface area contributed by atoms with Crippen LogP contribution in [-0.2, 0) is 10.9 Å². The van der Waals surface area contributed by atoms with Crippen LogP contribution in [0.4, 0.5) is 24.5 Å². The first-order valence-electron chi connectivity index (χ1n) is 11.6. The van der Waals surface area contributed by atoms with E-state index in [1.54, 1.807) is 48.5 Å². The Morgan fingerprint density at radius 3 is 2.24 bits per heavy atom. The number of morpholine rings is 1. The molecule has 190 valence electrons. The number of ether oxygens (including phenoxy) is 1. The van der Waals surface area contributed by atoms with Gasteiger partial charge in [-0.3, -0.25) is 4.79 Å². The van der Waals surface area contributed by atoms with Gasteiger partial charge < -0.3 is 15.0 Å². The van der Waals surface area contributed by atoms with E-state index >= 15 is 0 Å². The number of nitrogens with zero attached hydrogens (tertiary/aromatic N) is 3. The summed E-state index contributed by atoms with van der Waals surface area (Å²) in [7, 11) is 0. The summed E-state index contributed by atoms with van der Waals surface area (Å²) in [5.41, 5.74) is 1.86. The lowest BCUT2D eigenvalue weighted by Gasteiger charge is -2.30. The molecular weight excluding hydrogens is 505 g/mol. The van der Waals surface area contributed by atoms with E-state index in [0.717, 1.165) is 24.8 Å². The molecule has 1 N–H and O–H groups in total. The highest BCUT2D eigenvalue weighted by Crippen LogP contribution is 2.35. The zero-order chi connectivity index (χ0) is 26.0. The average Bonchev–Trinajstić information content (AvgIpc) is 3.36. The second-order valence-corrected chi connectivity index (χ2v) is 8.83. The van der Waals surface area contributed by atoms with Crippen LogP contribution < -0.4 is 10.2 Å². The Balaban J connectivity index is 1.43. The highest BCUT2D eigenvalue weighted by Gasteiger charge is 2.35. The predicted octanol–water partition coefficient (Wildman–Crippen LogP) is 6.30. The van der Waals surface area contributed by atoms with Gasteiger partial charge >= 0.3 is 6.18 Å². The fourth-order valence-corrected chi connectivity index (χ4v) is 4.39. The molecule has 0 saturated carbocycles. The van der Waals surface area contributed by atoms with Gasteiger partial charge in [0.2, 0.25) is 0 Å². The number of anilines is 2. The van der Waals surface area contributed by atoms with Gasteiger partial charge in [0.15, 0.2) is 5.69 Å². The maximum absolute atomic E-state index is 13.5. The molecule has 3 aromatic carbocycles. The van der Waals surface area contributed by atoms with E-state index in [1.807, 2.05) is 24.3 Å². The van der Waals surface area contributed by atoms with Crippen LogP contribution in [0.3, 0.4) is 0 Å². The molecular formula is C27H22ClF3N4O2. The number of carbonyl (C=O) groups excluding carboxylic acids is 1. The van der Waals surface area contributed by atoms with Crippen LogP contribution in [0.1, 0.15) is 16.1 Å². The third-order valence-electron chi connectivity index (χ3n) is 6.03. The van der Waals surface area contributed by atoms with Crippen molar-refractivity contribution >= 4 is 28.9 Å². The fraction of sp³-hybridized carbons (Fsp3) is 0.185. The smallest absolute Gasteiger partial charge is 0.378 e. The summed E-state index contributed by atoms with van der Waals surface area (Å²) in [5.74, 6) is -0.331. The van der Waals surface area contributed by atoms with Crippen molar-refractivity contribution < 1.29 is 22.7 Å². The van der Waals surface area contributed by atoms with E-state index in [0.29, 0.717) is 35.7 Å². The molecule has 0 aliphatic carbocycles. The molecule has 6 nitrogen and oxygen atoms in total. The van der Waals surface area contributed by atoms with E-state index in [1.165, 1.54) is 4.68 Å². The molecule has 0 radical (unpaired) electrons. The molecule has 1 aromatic heterocycles. The van der Waals surface area contributed by atoms with Gasteiger partial charge in [-0.15, -0.1) is 0 Å². The quantitative estimate of drug-likeness (QED) is 0.331. The number of nitrogens with one attached hydrogen (secondary N) is 1. The molecule has 1 fully saturated rings. The van der Waals surface area contributed by atoms with Crippen LogP contribution >= 0.6 is 11.6 Å². The number of rotatable bonds is 5. The molecule has 5 rings (SSSR count). The zero-order valence-corrected chi connectivity index (χ0v) is 20.3. The van der Waals surface area contributed by atoms with Crippen molar-refractivity contribution in [2.45, 2.75) is 6.18 Å². The lowest BCUT2D eigenvalue weighted by Crippen LogP contribution is -2.36. The number of aromatic nitrogens is 2. The number of amides is 1. The van der Waals surface area contributed by atoms with Crippen molar-refractivity contribution in [1.29, 1.82) is 0 Å². The molecule has 1 aliphatic heterocycles. The average molecular weight is 527 g/mol. The van der Waals surface area contributed by atoms with Gasteiger partial charge in [-0.25, -0.2) is 4.68 Å². The predicted molar refractivity (Wildman–Crippen MR) is 136 cm³/mol. The number of alkyl halides is 3. The molecule has 0 bridgehead atoms. The molecule has 0 atom stereocenters. The van der Waals surface area contributed by atoms with Gasteiger partial charge in [0.05, 0.1) is 41.0 Å². The van der Waals surface area contributed by atoms with E-state index in [9.17, 15) is 18.0 Å². The van der Waals surface area contributed by atoms with Crippen LogP contribution in [-0.4, -0.2) is 42.0 Å². The molecule has 0 unspecified atom stereocenters. The normalized spacial score (nSPS) is 14.0. The van der Waals surface area contributed by atoms with Crippen molar-refractivity contribution in [1.82, 2.24) is 9.78 Å². The summed E-state index contributed by atoms with van der Waals surface area (Å²) in [6, 6.07) is 21.3. The SMILES string of the molecule is O=C(Nc1ccccc1N1CCOCC1)c1ccc(-c2cc(C(F)(F)F)nn2-c2ccccc2Cl)cc1. The summed E-state index contributed by atoms with van der Waals surface area (Å²) in [6.07, 6.45) is -4.63. The van der Waals surface area contributed by atoms with E-state index < -0.39 is 11.9 Å². The van der Waals surface area contributed by atoms with Gasteiger partial charge in [-0.2, -0.15) is 18.3 Å². The second-order valence-electron chi connectivity index (χ2n) is 8.42. The lowest BCUT2D eigenvalue weighted by molar-refractivity contribution is -0.141. The monoisotopic (exact) mass is 526 g/mol. The molecule has 0 spiro atoms. The second kappa shape index (κ2) is 10.3. The summed E-state index contributed by atoms with van der Waals surface area (Å²) in [4.78, 5) is 15.2. The highest BCUT2D eigenvalue weighted by atomic mass is 35.5. The van der Waals surface area contributed by atoms with Gasteiger partial charge in [-0.1, -0.05) is 48.0 Å². The van der Waals surface area contributed by atoms with Crippen molar-refractivity contribution in [2.75, 3.05) is 36.5 Å². The standard InChI is InChI=1S/C27H22ClF3N4O2/c28-20-5-1-3-7-22(20)35-24(17-25(33-35)27(29,30)31)18-9-11-19(12-10-18)26(36)32-21-6-2-4-8-23(21)34-13-15-37-16-14-34/h1-12,17H,13-16H2,(H,32,36). The summed E-state index contributed by atoms with van der Waals surface area (Å²) >= 11 is 6.25. The third-order valence-corrected chi connectivity index (χ3v) is 6.35. The Hall–Kier alpha value is -3.82. The zero-order valence-electron chi connectivity index (χ0n) is 19.5. The van der Waals surface area contributed by atoms with Gasteiger partial charge in [0.1, 0.15) is 0 Å². The van der Waals surface area contributed by atoms with Gasteiger partial charge in [-0.05, 0) is 42.5 Å². The minimum atomic E-state index is -4.63. The number of benzene rings is 3. The third kappa shape index (κ3) is 5.33. The fourth-order valence-electron chi connectivity index (χ4n) is 4.18. The largest absolute Gasteiger partial charge is 0.435 e. The number of hydrogen-bond acceptors (Lipinski definition) is 4. The summed E-state index contributed by atoms with van der Waals surface area (Å²) in [6.45, 7) is 2.68. The molecule has 1 amide bonds. The number of hydrogen-bond donors (Lipinski definition) is 1. The molecule has 1 saturated heterocycles. The molecule has 4 aromatic rings. The topological polar surface area (TPSA) is 59.4 Å². The molecule has 37 heavy (non-hydrogen) atoms. The Labute approximate surface area is 216 Å². The van der Waals surface area contributed by atoms with Crippen molar-refractivity contribution in [3.63, 3.8) is 0 Å². The van der Waals surface area contributed by atoms with Crippen LogP contribution in [0.5, 0.6) is 0 Å². The minimum Gasteiger partial charge on any atom is -0.378 e. The van der Waals surface area contributed by atoms with Gasteiger partial charge in [0.25, 0.3) is 5.91 Å². The molecule has 10 heteroatoms. The maximum atomic E-state index is 13.5. The van der Waals surface area contributed by atoms with Crippen LogP contribution in [0.25, 0.3) is 16.9 Å². The Morgan fingerprint density at radius 1 is 0.919 bits per heavy atom. The first-order valence-corrected chi connectivity index (χ1v) is 11.9. The number of halogens is 4. The Morgan fingerprint density at radius 2 is 1.57 bits per heavy atom. The number of para-hydroxylation sites is 3. The molecule has 1 aliphatic rings. The van der Waals surface area contributed by atoms with Crippen LogP contribution in [0, 0.1) is 0 Å². The number of carbonyl (C=O) groups is 1. The summed E-state index contributed by atoms with van der Waals surface area (Å²) < 4.78 is 47.0. The summed E-state index contributed by atoms with van der Waals surface area (Å²) in [5, 5.41) is 6.98. The van der Waals surface area contributed by atoms with E-state index in [4.69, 9.17) is 16.3 Å². The maximum Gasteiger partial charge on any atom is 0.435 e. The van der Waals surface area contributed by atoms with E-state index in [-0.39, 0.29) is 16.6 Å². The Kier molecular flexibility index (Phi) is 6.90. The first-order chi connectivity index (χ1) is 17.8. The van der Waals surface area contributed by atoms with Gasteiger partial charge in [0, 0.05) is 24.2 Å². The minimum absolute atomic E-state index is 0.199. The molecule has 2 heterocycles. The van der Waals surface area contributed by atoms with E-state index in [2.05, 4.69) is 15.3 Å². The van der Waals surface area contributed by atoms with Crippen molar-refractivity contribution in [3.05, 3.63) is 95.1 Å². The lowest BCUT2D eigenvalue weighted by atomic mass is 10.1.